The Morgan fingerprint density at radius 2 is 1.26 bits per heavy atom. The van der Waals surface area contributed by atoms with Crippen molar-refractivity contribution in [3.05, 3.63) is 42.2 Å². The van der Waals surface area contributed by atoms with Crippen molar-refractivity contribution >= 4 is 56.3 Å². The van der Waals surface area contributed by atoms with Crippen molar-refractivity contribution in [2.75, 3.05) is 11.5 Å². The number of H-pyrrole nitrogens is 3. The molecule has 0 saturated heterocycles. The molecule has 6 aromatic heterocycles. The molecule has 0 aromatic carbocycles. The minimum absolute atomic E-state index is 0. The monoisotopic (exact) mass is 486 g/mol. The summed E-state index contributed by atoms with van der Waals surface area (Å²) in [5.41, 5.74) is 13.9. The fraction of sp³-hybridized carbons (Fsp3) is 0.211. The summed E-state index contributed by atoms with van der Waals surface area (Å²) < 4.78 is 0. The summed E-state index contributed by atoms with van der Waals surface area (Å²) in [4.78, 5) is 23.1. The predicted molar refractivity (Wildman–Crippen MR) is 134 cm³/mol. The molecule has 0 saturated carbocycles. The average molecular weight is 487 g/mol. The van der Waals surface area contributed by atoms with E-state index >= 15 is 0 Å². The van der Waals surface area contributed by atoms with Gasteiger partial charge in [0.2, 0.25) is 0 Å². The van der Waals surface area contributed by atoms with Crippen LogP contribution in [0.1, 0.15) is 28.0 Å². The van der Waals surface area contributed by atoms with Gasteiger partial charge in [0.05, 0.1) is 28.6 Å². The topological polar surface area (TPSA) is 215 Å². The maximum absolute atomic E-state index is 5.69. The molecule has 0 radical (unpaired) electrons. The van der Waals surface area contributed by atoms with Crippen LogP contribution >= 0.6 is 11.6 Å². The highest BCUT2D eigenvalue weighted by molar-refractivity contribution is 6.33. The third-order valence-corrected chi connectivity index (χ3v) is 4.34. The predicted octanol–water partition coefficient (Wildman–Crippen LogP) is 3.09. The second-order valence-electron chi connectivity index (χ2n) is 5.99. The van der Waals surface area contributed by atoms with Gasteiger partial charge in [-0.15, -0.1) is 0 Å². The first-order chi connectivity index (χ1) is 15.0. The first-order valence-electron chi connectivity index (χ1n) is 8.65. The summed E-state index contributed by atoms with van der Waals surface area (Å²) in [6, 6.07) is 0. The number of hydrogen-bond donors (Lipinski definition) is 5. The van der Waals surface area contributed by atoms with E-state index in [1.807, 2.05) is 6.92 Å². The summed E-state index contributed by atoms with van der Waals surface area (Å²) in [6.45, 7) is 1.88. The van der Waals surface area contributed by atoms with E-state index < -0.39 is 0 Å². The molecule has 0 unspecified atom stereocenters. The minimum Gasteiger partial charge on any atom is -0.383 e. The average Bonchev–Trinajstić information content (AvgIpc) is 3.50. The molecule has 0 aliphatic carbocycles. The molecule has 15 heteroatoms. The van der Waals surface area contributed by atoms with Crippen LogP contribution in [0.5, 0.6) is 0 Å². The van der Waals surface area contributed by atoms with Gasteiger partial charge in [0, 0.05) is 5.69 Å². The van der Waals surface area contributed by atoms with Gasteiger partial charge < -0.3 is 11.5 Å². The van der Waals surface area contributed by atoms with Crippen LogP contribution in [0.25, 0.3) is 33.1 Å². The number of hydrogen-bond acceptors (Lipinski definition) is 11. The van der Waals surface area contributed by atoms with Crippen molar-refractivity contribution in [2.45, 2.75) is 29.2 Å². The van der Waals surface area contributed by atoms with Gasteiger partial charge in [-0.25, -0.2) is 29.9 Å². The van der Waals surface area contributed by atoms with Crippen LogP contribution in [0.3, 0.4) is 0 Å². The molecule has 6 aromatic rings. The molecule has 6 rings (SSSR count). The van der Waals surface area contributed by atoms with E-state index in [0.717, 1.165) is 21.9 Å². The number of aromatic nitrogens is 12. The van der Waals surface area contributed by atoms with E-state index in [9.17, 15) is 0 Å². The zero-order valence-electron chi connectivity index (χ0n) is 15.9. The van der Waals surface area contributed by atoms with Gasteiger partial charge in [-0.3, -0.25) is 15.3 Å². The Bertz CT molecular complexity index is 1380. The van der Waals surface area contributed by atoms with E-state index in [2.05, 4.69) is 60.5 Å². The Morgan fingerprint density at radius 1 is 0.706 bits per heavy atom. The van der Waals surface area contributed by atoms with Gasteiger partial charge in [0.1, 0.15) is 35.8 Å². The highest BCUT2D eigenvalue weighted by Crippen LogP contribution is 2.17. The summed E-state index contributed by atoms with van der Waals surface area (Å²) >= 11 is 5.69. The largest absolute Gasteiger partial charge is 0.383 e. The lowest BCUT2D eigenvalue weighted by atomic mass is 10.3. The number of anilines is 2. The Labute approximate surface area is 200 Å². The molecule has 0 fully saturated rings. The maximum Gasteiger partial charge on any atom is 0.186 e. The van der Waals surface area contributed by atoms with Crippen LogP contribution in [0, 0.1) is 6.92 Å². The van der Waals surface area contributed by atoms with Crippen LogP contribution in [-0.4, -0.2) is 60.5 Å². The van der Waals surface area contributed by atoms with Gasteiger partial charge in [0.15, 0.2) is 16.9 Å². The van der Waals surface area contributed by atoms with Crippen LogP contribution in [0.4, 0.5) is 11.6 Å². The van der Waals surface area contributed by atoms with Gasteiger partial charge in [-0.05, 0) is 6.92 Å². The molecule has 7 N–H and O–H groups in total. The zero-order chi connectivity index (χ0) is 21.8. The highest BCUT2D eigenvalue weighted by atomic mass is 35.5. The van der Waals surface area contributed by atoms with Crippen molar-refractivity contribution in [2.24, 2.45) is 0 Å². The van der Waals surface area contributed by atoms with Crippen molar-refractivity contribution < 1.29 is 0 Å². The quantitative estimate of drug-likeness (QED) is 0.196. The molecule has 0 aliphatic rings. The summed E-state index contributed by atoms with van der Waals surface area (Å²) in [7, 11) is 0. The maximum atomic E-state index is 5.69. The second kappa shape index (κ2) is 12.0. The summed E-state index contributed by atoms with van der Waals surface area (Å²) in [5, 5.41) is 22.3. The molecule has 0 amide bonds. The van der Waals surface area contributed by atoms with E-state index in [1.54, 1.807) is 12.4 Å². The molecule has 34 heavy (non-hydrogen) atoms. The lowest BCUT2D eigenvalue weighted by Gasteiger charge is -1.91. The standard InChI is InChI=1S/C6H7N5.C5H3ClN4.C5H5N5.3CH4/c1-3-4-5(7)8-2-9-6(4)11-10-3;2*6-4-3-1-9-10-5(3)8-2-7-4;;;/h2H,1H3,(H3,7,8,9,10,11);1-2H,(H,7,8,9,10);1-2H,(H3,6,7,8,9,10);3*1H4. The van der Waals surface area contributed by atoms with Crippen molar-refractivity contribution in [1.82, 2.24) is 60.5 Å². The van der Waals surface area contributed by atoms with Crippen molar-refractivity contribution in [3.8, 4) is 0 Å². The van der Waals surface area contributed by atoms with Crippen LogP contribution in [0.15, 0.2) is 31.4 Å². The Hall–Kier alpha value is -4.46. The fourth-order valence-electron chi connectivity index (χ4n) is 2.55. The summed E-state index contributed by atoms with van der Waals surface area (Å²) in [6.07, 6.45) is 7.39. The van der Waals surface area contributed by atoms with Crippen molar-refractivity contribution in [3.63, 3.8) is 0 Å². The normalized spacial score (nSPS) is 9.59. The van der Waals surface area contributed by atoms with Crippen LogP contribution in [-0.2, 0) is 0 Å². The van der Waals surface area contributed by atoms with Gasteiger partial charge in [-0.2, -0.15) is 15.3 Å². The number of nitrogens with one attached hydrogen (secondary N) is 3. The molecule has 0 atom stereocenters. The number of nitrogen functional groups attached to an aromatic ring is 2. The molecule has 180 valence electrons. The molecular weight excluding hydrogens is 460 g/mol. The molecular formula is C19H27ClN14. The number of nitrogens with zero attached hydrogens (tertiary/aromatic N) is 9. The SMILES string of the molecule is C.C.C.Cc1[nH]nc2ncnc(N)c12.Clc1ncnc2[nH]ncc12.Nc1ncnc2[nH]ncc12. The number of aromatic amines is 3. The van der Waals surface area contributed by atoms with E-state index in [1.165, 1.54) is 19.0 Å². The highest BCUT2D eigenvalue weighted by Gasteiger charge is 2.05. The zero-order valence-corrected chi connectivity index (χ0v) is 16.7. The molecule has 0 aliphatic heterocycles. The number of halogens is 1. The van der Waals surface area contributed by atoms with Crippen LogP contribution < -0.4 is 11.5 Å². The third-order valence-electron chi connectivity index (χ3n) is 4.04. The molecule has 6 heterocycles. The van der Waals surface area contributed by atoms with Gasteiger partial charge in [0.25, 0.3) is 0 Å². The van der Waals surface area contributed by atoms with E-state index in [0.29, 0.717) is 33.7 Å². The van der Waals surface area contributed by atoms with Gasteiger partial charge >= 0.3 is 0 Å². The number of fused-ring (bicyclic) bond motifs is 3. The first kappa shape index (κ1) is 27.6. The number of aryl methyl sites for hydroxylation is 1. The van der Waals surface area contributed by atoms with E-state index in [-0.39, 0.29) is 22.3 Å². The lowest BCUT2D eigenvalue weighted by Crippen LogP contribution is -1.91. The fourth-order valence-corrected chi connectivity index (χ4v) is 2.73. The lowest BCUT2D eigenvalue weighted by molar-refractivity contribution is 1.05. The van der Waals surface area contributed by atoms with Crippen molar-refractivity contribution in [1.29, 1.82) is 0 Å². The minimum atomic E-state index is 0. The molecule has 14 nitrogen and oxygen atoms in total. The first-order valence-corrected chi connectivity index (χ1v) is 9.02. The van der Waals surface area contributed by atoms with E-state index in [4.69, 9.17) is 23.1 Å². The molecule has 0 spiro atoms. The van der Waals surface area contributed by atoms with Crippen LogP contribution in [0.2, 0.25) is 5.15 Å². The number of nitrogens with two attached hydrogens (primary N) is 2. The Balaban J connectivity index is 0.000000245. The third kappa shape index (κ3) is 5.66. The van der Waals surface area contributed by atoms with Gasteiger partial charge in [-0.1, -0.05) is 33.9 Å². The second-order valence-corrected chi connectivity index (χ2v) is 6.35. The summed E-state index contributed by atoms with van der Waals surface area (Å²) in [5.74, 6) is 0.931. The smallest absolute Gasteiger partial charge is 0.186 e. The number of rotatable bonds is 0. The Morgan fingerprint density at radius 3 is 1.88 bits per heavy atom. The Kier molecular flexibility index (Phi) is 9.70. The molecule has 0 bridgehead atoms.